The van der Waals surface area contributed by atoms with Crippen LogP contribution in [0.1, 0.15) is 25.8 Å². The summed E-state index contributed by atoms with van der Waals surface area (Å²) in [6, 6.07) is 5.69. The van der Waals surface area contributed by atoms with Gasteiger partial charge in [-0.3, -0.25) is 5.10 Å². The van der Waals surface area contributed by atoms with Crippen LogP contribution >= 0.6 is 0 Å². The zero-order valence-electron chi connectivity index (χ0n) is 14.0. The molecular weight excluding hydrogens is 305 g/mol. The highest BCUT2D eigenvalue weighted by Gasteiger charge is 2.23. The Hall–Kier alpha value is -2.39. The fourth-order valence-corrected chi connectivity index (χ4v) is 3.30. The van der Waals surface area contributed by atoms with E-state index in [-0.39, 0.29) is 5.82 Å². The van der Waals surface area contributed by atoms with Crippen molar-refractivity contribution >= 4 is 5.69 Å². The summed E-state index contributed by atoms with van der Waals surface area (Å²) in [4.78, 5) is 2.12. The van der Waals surface area contributed by atoms with E-state index in [2.05, 4.69) is 40.3 Å². The van der Waals surface area contributed by atoms with Crippen LogP contribution in [0.15, 0.2) is 24.5 Å². The van der Waals surface area contributed by atoms with Crippen LogP contribution in [0.25, 0.3) is 11.1 Å². The van der Waals surface area contributed by atoms with Gasteiger partial charge < -0.3 is 10.2 Å². The molecule has 0 saturated carbocycles. The molecule has 1 aromatic heterocycles. The summed E-state index contributed by atoms with van der Waals surface area (Å²) in [5.74, 6) is 0.266. The second-order valence-electron chi connectivity index (χ2n) is 6.67. The molecule has 0 aliphatic carbocycles. The molecule has 0 radical (unpaired) electrons. The Bertz CT molecular complexity index is 733. The molecule has 1 aliphatic heterocycles. The smallest absolute Gasteiger partial charge is 0.133 e. The summed E-state index contributed by atoms with van der Waals surface area (Å²) < 4.78 is 14.6. The van der Waals surface area contributed by atoms with Crippen molar-refractivity contribution in [2.75, 3.05) is 24.5 Å². The van der Waals surface area contributed by atoms with E-state index in [9.17, 15) is 9.65 Å². The minimum atomic E-state index is -0.329. The molecule has 1 unspecified atom stereocenters. The number of aromatic amines is 1. The highest BCUT2D eigenvalue weighted by atomic mass is 19.1. The number of H-pyrrole nitrogens is 1. The molecule has 0 spiro atoms. The lowest BCUT2D eigenvalue weighted by Crippen LogP contribution is -2.51. The molecule has 0 amide bonds. The van der Waals surface area contributed by atoms with Crippen molar-refractivity contribution in [2.45, 2.75) is 26.3 Å². The van der Waals surface area contributed by atoms with Crippen molar-refractivity contribution in [3.63, 3.8) is 0 Å². The first kappa shape index (κ1) is 16.5. The third kappa shape index (κ3) is 3.41. The van der Waals surface area contributed by atoms with E-state index in [1.54, 1.807) is 18.5 Å². The number of nitriles is 1. The largest absolute Gasteiger partial charge is 0.368 e. The van der Waals surface area contributed by atoms with Gasteiger partial charge in [0.15, 0.2) is 0 Å². The van der Waals surface area contributed by atoms with Crippen LogP contribution in [-0.4, -0.2) is 35.9 Å². The predicted octanol–water partition coefficient (Wildman–Crippen LogP) is 2.91. The summed E-state index contributed by atoms with van der Waals surface area (Å²) >= 11 is 0. The Labute approximate surface area is 141 Å². The van der Waals surface area contributed by atoms with Crippen LogP contribution in [0.5, 0.6) is 0 Å². The van der Waals surface area contributed by atoms with E-state index < -0.39 is 0 Å². The molecule has 24 heavy (non-hydrogen) atoms. The minimum Gasteiger partial charge on any atom is -0.368 e. The maximum atomic E-state index is 14.6. The van der Waals surface area contributed by atoms with Crippen molar-refractivity contribution in [3.05, 3.63) is 35.9 Å². The summed E-state index contributed by atoms with van der Waals surface area (Å²) in [5.41, 5.74) is 2.22. The first-order chi connectivity index (χ1) is 11.6. The van der Waals surface area contributed by atoms with Gasteiger partial charge in [-0.2, -0.15) is 10.4 Å². The average molecular weight is 327 g/mol. The molecule has 2 N–H and O–H groups in total. The number of rotatable bonds is 4. The van der Waals surface area contributed by atoms with Gasteiger partial charge in [0.2, 0.25) is 0 Å². The molecule has 3 rings (SSSR count). The molecule has 2 heterocycles. The van der Waals surface area contributed by atoms with Gasteiger partial charge in [0.05, 0.1) is 17.4 Å². The van der Waals surface area contributed by atoms with Crippen molar-refractivity contribution in [2.24, 2.45) is 5.92 Å². The number of aromatic nitrogens is 2. The van der Waals surface area contributed by atoms with Gasteiger partial charge in [-0.05, 0) is 24.5 Å². The standard InChI is InChI=1S/C18H22FN5/c1-12(2)5-15-11-24(4-3-21-15)18-7-17(19)16(6-13(18)8-20)14-9-22-23-10-14/h6-7,9-10,12,15,21H,3-5,11H2,1-2H3,(H,22,23). The molecule has 1 aromatic carbocycles. The highest BCUT2D eigenvalue weighted by Crippen LogP contribution is 2.30. The number of benzene rings is 1. The summed E-state index contributed by atoms with van der Waals surface area (Å²) in [7, 11) is 0. The van der Waals surface area contributed by atoms with E-state index in [1.165, 1.54) is 6.07 Å². The van der Waals surface area contributed by atoms with E-state index in [0.29, 0.717) is 34.3 Å². The molecule has 6 heteroatoms. The molecule has 0 bridgehead atoms. The predicted molar refractivity (Wildman–Crippen MR) is 92.2 cm³/mol. The lowest BCUT2D eigenvalue weighted by Gasteiger charge is -2.36. The van der Waals surface area contributed by atoms with E-state index in [1.807, 2.05) is 0 Å². The van der Waals surface area contributed by atoms with Gasteiger partial charge in [0.25, 0.3) is 0 Å². The van der Waals surface area contributed by atoms with Crippen LogP contribution in [0, 0.1) is 23.1 Å². The Morgan fingerprint density at radius 3 is 2.96 bits per heavy atom. The number of anilines is 1. The molecule has 1 atom stereocenters. The van der Waals surface area contributed by atoms with Crippen molar-refractivity contribution in [3.8, 4) is 17.2 Å². The molecule has 126 valence electrons. The maximum absolute atomic E-state index is 14.6. The second kappa shape index (κ2) is 7.02. The normalized spacial score (nSPS) is 18.0. The van der Waals surface area contributed by atoms with E-state index >= 15 is 0 Å². The SMILES string of the molecule is CC(C)CC1CN(c2cc(F)c(-c3cn[nH]c3)cc2C#N)CCN1. The summed E-state index contributed by atoms with van der Waals surface area (Å²) in [6.45, 7) is 6.79. The Balaban J connectivity index is 1.90. The fraction of sp³-hybridized carbons (Fsp3) is 0.444. The minimum absolute atomic E-state index is 0.329. The lowest BCUT2D eigenvalue weighted by atomic mass is 9.99. The monoisotopic (exact) mass is 327 g/mol. The van der Waals surface area contributed by atoms with E-state index in [0.717, 1.165) is 26.1 Å². The Morgan fingerprint density at radius 1 is 1.46 bits per heavy atom. The maximum Gasteiger partial charge on any atom is 0.133 e. The first-order valence-corrected chi connectivity index (χ1v) is 8.29. The Kier molecular flexibility index (Phi) is 4.81. The van der Waals surface area contributed by atoms with Crippen molar-refractivity contribution < 1.29 is 4.39 Å². The molecule has 2 aromatic rings. The fourth-order valence-electron chi connectivity index (χ4n) is 3.30. The quantitative estimate of drug-likeness (QED) is 0.906. The van der Waals surface area contributed by atoms with Crippen LogP contribution < -0.4 is 10.2 Å². The van der Waals surface area contributed by atoms with Gasteiger partial charge in [-0.15, -0.1) is 0 Å². The zero-order valence-corrected chi connectivity index (χ0v) is 14.0. The highest BCUT2D eigenvalue weighted by molar-refractivity contribution is 5.71. The van der Waals surface area contributed by atoms with Gasteiger partial charge >= 0.3 is 0 Å². The first-order valence-electron chi connectivity index (χ1n) is 8.29. The number of hydrogen-bond donors (Lipinski definition) is 2. The van der Waals surface area contributed by atoms with Gasteiger partial charge in [0.1, 0.15) is 11.9 Å². The van der Waals surface area contributed by atoms with Crippen molar-refractivity contribution in [1.82, 2.24) is 15.5 Å². The van der Waals surface area contributed by atoms with Gasteiger partial charge in [0, 0.05) is 43.0 Å². The van der Waals surface area contributed by atoms with Crippen LogP contribution in [0.3, 0.4) is 0 Å². The second-order valence-corrected chi connectivity index (χ2v) is 6.67. The summed E-state index contributed by atoms with van der Waals surface area (Å²) in [5, 5.41) is 19.6. The average Bonchev–Trinajstić information content (AvgIpc) is 3.08. The topological polar surface area (TPSA) is 67.7 Å². The van der Waals surface area contributed by atoms with Gasteiger partial charge in [-0.1, -0.05) is 13.8 Å². The van der Waals surface area contributed by atoms with Crippen LogP contribution in [-0.2, 0) is 0 Å². The van der Waals surface area contributed by atoms with Gasteiger partial charge in [-0.25, -0.2) is 4.39 Å². The number of halogens is 1. The zero-order chi connectivity index (χ0) is 17.1. The number of hydrogen-bond acceptors (Lipinski definition) is 4. The number of piperazine rings is 1. The lowest BCUT2D eigenvalue weighted by molar-refractivity contribution is 0.388. The summed E-state index contributed by atoms with van der Waals surface area (Å²) in [6.07, 6.45) is 4.25. The van der Waals surface area contributed by atoms with E-state index in [4.69, 9.17) is 0 Å². The van der Waals surface area contributed by atoms with Crippen LogP contribution in [0.4, 0.5) is 10.1 Å². The molecule has 1 aliphatic rings. The van der Waals surface area contributed by atoms with Crippen molar-refractivity contribution in [1.29, 1.82) is 5.26 Å². The number of nitrogens with zero attached hydrogens (tertiary/aromatic N) is 3. The third-order valence-corrected chi connectivity index (χ3v) is 4.37. The third-order valence-electron chi connectivity index (χ3n) is 4.37. The Morgan fingerprint density at radius 2 is 2.29 bits per heavy atom. The molecular formula is C18H22FN5. The molecule has 1 fully saturated rings. The molecule has 1 saturated heterocycles. The van der Waals surface area contributed by atoms with Crippen LogP contribution in [0.2, 0.25) is 0 Å². The number of nitrogens with one attached hydrogen (secondary N) is 2. The molecule has 5 nitrogen and oxygen atoms in total.